The van der Waals surface area contributed by atoms with E-state index in [-0.39, 0.29) is 5.91 Å². The van der Waals surface area contributed by atoms with Gasteiger partial charge < -0.3 is 15.1 Å². The van der Waals surface area contributed by atoms with Gasteiger partial charge in [0.15, 0.2) is 0 Å². The molecule has 0 atom stereocenters. The predicted octanol–water partition coefficient (Wildman–Crippen LogP) is 1.90. The summed E-state index contributed by atoms with van der Waals surface area (Å²) < 4.78 is 0. The first kappa shape index (κ1) is 13.9. The Bertz CT molecular complexity index is 425. The molecule has 1 fully saturated rings. The van der Waals surface area contributed by atoms with Crippen molar-refractivity contribution in [3.05, 3.63) is 29.8 Å². The normalized spacial score (nSPS) is 16.4. The third-order valence-electron chi connectivity index (χ3n) is 3.63. The van der Waals surface area contributed by atoms with Crippen LogP contribution in [0.15, 0.2) is 24.3 Å². The maximum Gasteiger partial charge on any atom is 0.256 e. The van der Waals surface area contributed by atoms with Gasteiger partial charge in [-0.25, -0.2) is 0 Å². The molecular weight excluding hydrogens is 238 g/mol. The zero-order valence-electron chi connectivity index (χ0n) is 11.9. The lowest BCUT2D eigenvalue weighted by Crippen LogP contribution is -2.48. The Balaban J connectivity index is 2.07. The number of carbonyl (C=O) groups excluding carboxylic acids is 1. The van der Waals surface area contributed by atoms with Crippen molar-refractivity contribution in [3.63, 3.8) is 0 Å². The SMILES string of the molecule is CCNc1ccccc1C(=O)N1CCN(CC)CC1. The van der Waals surface area contributed by atoms with E-state index in [1.165, 1.54) is 0 Å². The summed E-state index contributed by atoms with van der Waals surface area (Å²) in [5.41, 5.74) is 1.72. The van der Waals surface area contributed by atoms with Crippen LogP contribution in [0.3, 0.4) is 0 Å². The summed E-state index contributed by atoms with van der Waals surface area (Å²) in [5.74, 6) is 0.146. The molecule has 4 heteroatoms. The first-order chi connectivity index (χ1) is 9.26. The van der Waals surface area contributed by atoms with Gasteiger partial charge >= 0.3 is 0 Å². The molecule has 2 rings (SSSR count). The second-order valence-electron chi connectivity index (χ2n) is 4.80. The Morgan fingerprint density at radius 1 is 1.16 bits per heavy atom. The number of nitrogens with one attached hydrogen (secondary N) is 1. The van der Waals surface area contributed by atoms with Crippen LogP contribution < -0.4 is 5.32 Å². The average molecular weight is 261 g/mol. The molecule has 1 aliphatic heterocycles. The van der Waals surface area contributed by atoms with E-state index in [9.17, 15) is 4.79 Å². The summed E-state index contributed by atoms with van der Waals surface area (Å²) in [5, 5.41) is 3.26. The van der Waals surface area contributed by atoms with Crippen molar-refractivity contribution in [1.82, 2.24) is 9.80 Å². The first-order valence-electron chi connectivity index (χ1n) is 7.10. The second kappa shape index (κ2) is 6.57. The summed E-state index contributed by atoms with van der Waals surface area (Å²) in [6.45, 7) is 9.71. The standard InChI is InChI=1S/C15H23N3O/c1-3-16-14-8-6-5-7-13(14)15(19)18-11-9-17(4-2)10-12-18/h5-8,16H,3-4,9-12H2,1-2H3. The highest BCUT2D eigenvalue weighted by Gasteiger charge is 2.22. The minimum atomic E-state index is 0.146. The molecule has 0 spiro atoms. The van der Waals surface area contributed by atoms with Crippen LogP contribution in [0.5, 0.6) is 0 Å². The number of amides is 1. The fourth-order valence-electron chi connectivity index (χ4n) is 2.45. The van der Waals surface area contributed by atoms with E-state index < -0.39 is 0 Å². The molecule has 1 saturated heterocycles. The molecule has 1 aromatic carbocycles. The highest BCUT2D eigenvalue weighted by Crippen LogP contribution is 2.18. The van der Waals surface area contributed by atoms with Gasteiger partial charge in [-0.1, -0.05) is 19.1 Å². The number of benzene rings is 1. The van der Waals surface area contributed by atoms with Crippen molar-refractivity contribution in [2.75, 3.05) is 44.6 Å². The van der Waals surface area contributed by atoms with Gasteiger partial charge in [-0.2, -0.15) is 0 Å². The summed E-state index contributed by atoms with van der Waals surface area (Å²) in [6.07, 6.45) is 0. The van der Waals surface area contributed by atoms with Crippen molar-refractivity contribution in [2.24, 2.45) is 0 Å². The second-order valence-corrected chi connectivity index (χ2v) is 4.80. The largest absolute Gasteiger partial charge is 0.385 e. The molecule has 1 heterocycles. The molecule has 4 nitrogen and oxygen atoms in total. The molecule has 19 heavy (non-hydrogen) atoms. The number of anilines is 1. The van der Waals surface area contributed by atoms with E-state index in [4.69, 9.17) is 0 Å². The van der Waals surface area contributed by atoms with Gasteiger partial charge in [-0.3, -0.25) is 4.79 Å². The summed E-state index contributed by atoms with van der Waals surface area (Å²) in [4.78, 5) is 16.9. The molecule has 1 N–H and O–H groups in total. The molecule has 1 aliphatic rings. The van der Waals surface area contributed by atoms with E-state index in [1.807, 2.05) is 36.1 Å². The van der Waals surface area contributed by atoms with Crippen LogP contribution in [0, 0.1) is 0 Å². The van der Waals surface area contributed by atoms with E-state index >= 15 is 0 Å². The van der Waals surface area contributed by atoms with Crippen LogP contribution in [0.4, 0.5) is 5.69 Å². The number of rotatable bonds is 4. The average Bonchev–Trinajstić information content (AvgIpc) is 2.47. The number of nitrogens with zero attached hydrogens (tertiary/aromatic N) is 2. The Morgan fingerprint density at radius 3 is 2.47 bits per heavy atom. The Kier molecular flexibility index (Phi) is 4.80. The van der Waals surface area contributed by atoms with Gasteiger partial charge in [0.1, 0.15) is 0 Å². The van der Waals surface area contributed by atoms with Gasteiger partial charge in [0.25, 0.3) is 5.91 Å². The molecule has 1 amide bonds. The smallest absolute Gasteiger partial charge is 0.256 e. The van der Waals surface area contributed by atoms with E-state index in [2.05, 4.69) is 17.1 Å². The maximum absolute atomic E-state index is 12.6. The first-order valence-corrected chi connectivity index (χ1v) is 7.10. The molecule has 104 valence electrons. The van der Waals surface area contributed by atoms with Gasteiger partial charge in [0, 0.05) is 38.4 Å². The number of piperazine rings is 1. The molecule has 0 aromatic heterocycles. The molecule has 0 radical (unpaired) electrons. The Morgan fingerprint density at radius 2 is 1.84 bits per heavy atom. The van der Waals surface area contributed by atoms with E-state index in [0.29, 0.717) is 0 Å². The summed E-state index contributed by atoms with van der Waals surface area (Å²) in [6, 6.07) is 7.77. The fraction of sp³-hybridized carbons (Fsp3) is 0.533. The number of likely N-dealkylation sites (N-methyl/N-ethyl adjacent to an activating group) is 1. The molecule has 0 aliphatic carbocycles. The zero-order chi connectivity index (χ0) is 13.7. The molecule has 0 saturated carbocycles. The highest BCUT2D eigenvalue weighted by atomic mass is 16.2. The van der Waals surface area contributed by atoms with E-state index in [0.717, 1.165) is 50.5 Å². The minimum absolute atomic E-state index is 0.146. The number of carbonyl (C=O) groups is 1. The maximum atomic E-state index is 12.6. The van der Waals surface area contributed by atoms with Crippen molar-refractivity contribution in [3.8, 4) is 0 Å². The van der Waals surface area contributed by atoms with Crippen LogP contribution in [0.1, 0.15) is 24.2 Å². The van der Waals surface area contributed by atoms with Crippen LogP contribution in [0.2, 0.25) is 0 Å². The molecule has 1 aromatic rings. The zero-order valence-corrected chi connectivity index (χ0v) is 11.9. The van der Waals surface area contributed by atoms with Crippen LogP contribution in [0.25, 0.3) is 0 Å². The molecule has 0 bridgehead atoms. The lowest BCUT2D eigenvalue weighted by Gasteiger charge is -2.34. The van der Waals surface area contributed by atoms with Crippen LogP contribution >= 0.6 is 0 Å². The van der Waals surface area contributed by atoms with Crippen molar-refractivity contribution >= 4 is 11.6 Å². The van der Waals surface area contributed by atoms with E-state index in [1.54, 1.807) is 0 Å². The van der Waals surface area contributed by atoms with Gasteiger partial charge in [-0.05, 0) is 25.6 Å². The quantitative estimate of drug-likeness (QED) is 0.899. The lowest BCUT2D eigenvalue weighted by atomic mass is 10.1. The third-order valence-corrected chi connectivity index (χ3v) is 3.63. The fourth-order valence-corrected chi connectivity index (χ4v) is 2.45. The molecular formula is C15H23N3O. The van der Waals surface area contributed by atoms with Gasteiger partial charge in [0.2, 0.25) is 0 Å². The number of para-hydroxylation sites is 1. The van der Waals surface area contributed by atoms with Crippen molar-refractivity contribution < 1.29 is 4.79 Å². The van der Waals surface area contributed by atoms with Gasteiger partial charge in [0.05, 0.1) is 5.56 Å². The van der Waals surface area contributed by atoms with Crippen molar-refractivity contribution in [1.29, 1.82) is 0 Å². The Labute approximate surface area is 115 Å². The van der Waals surface area contributed by atoms with Crippen molar-refractivity contribution in [2.45, 2.75) is 13.8 Å². The van der Waals surface area contributed by atoms with Crippen LogP contribution in [-0.2, 0) is 0 Å². The Hall–Kier alpha value is -1.55. The summed E-state index contributed by atoms with van der Waals surface area (Å²) in [7, 11) is 0. The lowest BCUT2D eigenvalue weighted by molar-refractivity contribution is 0.0644. The highest BCUT2D eigenvalue weighted by molar-refractivity contribution is 5.99. The molecule has 0 unspecified atom stereocenters. The van der Waals surface area contributed by atoms with Crippen LogP contribution in [-0.4, -0.2) is 55.0 Å². The summed E-state index contributed by atoms with van der Waals surface area (Å²) >= 11 is 0. The minimum Gasteiger partial charge on any atom is -0.385 e. The number of hydrogen-bond donors (Lipinski definition) is 1. The third kappa shape index (κ3) is 3.26. The predicted molar refractivity (Wildman–Crippen MR) is 78.6 cm³/mol. The van der Waals surface area contributed by atoms with Gasteiger partial charge in [-0.15, -0.1) is 0 Å². The monoisotopic (exact) mass is 261 g/mol. The number of hydrogen-bond acceptors (Lipinski definition) is 3. The topological polar surface area (TPSA) is 35.6 Å².